The molecule has 3 nitrogen and oxygen atoms in total. The maximum Gasteiger partial charge on any atom is 0.257 e. The fraction of sp³-hybridized carbons (Fsp3) is 0.0588. The smallest absolute Gasteiger partial charge is 0.257 e. The van der Waals surface area contributed by atoms with E-state index in [0.29, 0.717) is 10.7 Å². The molecule has 23 heavy (non-hydrogen) atoms. The van der Waals surface area contributed by atoms with E-state index in [2.05, 4.69) is 26.2 Å². The van der Waals surface area contributed by atoms with Crippen LogP contribution in [0, 0.1) is 0 Å². The summed E-state index contributed by atoms with van der Waals surface area (Å²) in [7, 11) is 0. The van der Waals surface area contributed by atoms with Gasteiger partial charge in [-0.25, -0.2) is 4.98 Å². The van der Waals surface area contributed by atoms with Crippen molar-refractivity contribution >= 4 is 50.1 Å². The Morgan fingerprint density at radius 2 is 2.00 bits per heavy atom. The lowest BCUT2D eigenvalue weighted by Crippen LogP contribution is -2.11. The normalized spacial score (nSPS) is 10.5. The molecule has 0 bridgehead atoms. The van der Waals surface area contributed by atoms with Crippen molar-refractivity contribution in [1.82, 2.24) is 4.98 Å². The first kappa shape index (κ1) is 16.2. The van der Waals surface area contributed by atoms with Crippen LogP contribution in [-0.4, -0.2) is 17.1 Å². The molecule has 0 aliphatic heterocycles. The van der Waals surface area contributed by atoms with Gasteiger partial charge in [0.15, 0.2) is 5.13 Å². The third kappa shape index (κ3) is 4.02. The molecule has 0 unspecified atom stereocenters. The Bertz CT molecular complexity index is 831. The number of thioether (sulfide) groups is 1. The highest BCUT2D eigenvalue weighted by atomic mass is 79.9. The monoisotopic (exact) mass is 404 g/mol. The fourth-order valence-electron chi connectivity index (χ4n) is 2.02. The van der Waals surface area contributed by atoms with Gasteiger partial charge in [0.05, 0.1) is 5.69 Å². The van der Waals surface area contributed by atoms with Gasteiger partial charge in [-0.2, -0.15) is 0 Å². The Kier molecular flexibility index (Phi) is 5.15. The molecule has 1 amide bonds. The molecule has 0 radical (unpaired) electrons. The number of benzene rings is 2. The summed E-state index contributed by atoms with van der Waals surface area (Å²) in [5.41, 5.74) is 2.52. The number of nitrogens with one attached hydrogen (secondary N) is 1. The van der Waals surface area contributed by atoms with Crippen LogP contribution in [0.15, 0.2) is 63.3 Å². The van der Waals surface area contributed by atoms with E-state index in [4.69, 9.17) is 0 Å². The molecule has 0 aliphatic carbocycles. The van der Waals surface area contributed by atoms with E-state index in [0.717, 1.165) is 20.6 Å². The molecule has 3 rings (SSSR count). The molecule has 0 saturated heterocycles. The number of hydrogen-bond donors (Lipinski definition) is 1. The van der Waals surface area contributed by atoms with Gasteiger partial charge in [-0.1, -0.05) is 34.1 Å². The summed E-state index contributed by atoms with van der Waals surface area (Å²) in [6, 6.07) is 15.5. The van der Waals surface area contributed by atoms with Crippen molar-refractivity contribution in [2.24, 2.45) is 0 Å². The van der Waals surface area contributed by atoms with Crippen LogP contribution in [0.2, 0.25) is 0 Å². The first-order chi connectivity index (χ1) is 11.2. The number of halogens is 1. The topological polar surface area (TPSA) is 42.0 Å². The summed E-state index contributed by atoms with van der Waals surface area (Å²) in [4.78, 5) is 17.9. The zero-order valence-corrected chi connectivity index (χ0v) is 15.5. The lowest BCUT2D eigenvalue weighted by Gasteiger charge is -2.03. The molecule has 1 N–H and O–H groups in total. The third-order valence-corrected chi connectivity index (χ3v) is 5.21. The van der Waals surface area contributed by atoms with Crippen LogP contribution in [0.5, 0.6) is 0 Å². The molecule has 1 heterocycles. The van der Waals surface area contributed by atoms with Crippen molar-refractivity contribution in [2.45, 2.75) is 4.90 Å². The van der Waals surface area contributed by atoms with E-state index < -0.39 is 0 Å². The van der Waals surface area contributed by atoms with Gasteiger partial charge in [-0.05, 0) is 36.6 Å². The lowest BCUT2D eigenvalue weighted by molar-refractivity contribution is 0.102. The molecule has 2 aromatic carbocycles. The molecule has 0 atom stereocenters. The van der Waals surface area contributed by atoms with Crippen LogP contribution < -0.4 is 5.32 Å². The van der Waals surface area contributed by atoms with E-state index in [1.165, 1.54) is 11.3 Å². The van der Waals surface area contributed by atoms with Crippen LogP contribution in [0.1, 0.15) is 10.4 Å². The average molecular weight is 405 g/mol. The second kappa shape index (κ2) is 7.29. The van der Waals surface area contributed by atoms with Gasteiger partial charge in [0.1, 0.15) is 0 Å². The van der Waals surface area contributed by atoms with Crippen molar-refractivity contribution in [3.05, 3.63) is 63.9 Å². The number of aromatic nitrogens is 1. The van der Waals surface area contributed by atoms with Gasteiger partial charge >= 0.3 is 0 Å². The number of thiazole rings is 1. The first-order valence-corrected chi connectivity index (χ1v) is 9.72. The molecule has 0 aliphatic rings. The number of anilines is 1. The second-order valence-corrected chi connectivity index (χ2v) is 7.38. The number of amides is 1. The average Bonchev–Trinajstić information content (AvgIpc) is 3.04. The van der Waals surface area contributed by atoms with Gasteiger partial charge < -0.3 is 0 Å². The summed E-state index contributed by atoms with van der Waals surface area (Å²) < 4.78 is 1.03. The summed E-state index contributed by atoms with van der Waals surface area (Å²) >= 11 is 6.45. The zero-order valence-electron chi connectivity index (χ0n) is 12.2. The Labute approximate surface area is 151 Å². The van der Waals surface area contributed by atoms with Gasteiger partial charge in [-0.15, -0.1) is 23.1 Å². The SMILES string of the molecule is CSc1cccc(C(=O)Nc2nc(-c3ccc(Br)cc3)cs2)c1. The van der Waals surface area contributed by atoms with Crippen molar-refractivity contribution in [3.8, 4) is 11.3 Å². The van der Waals surface area contributed by atoms with Gasteiger partial charge in [0.25, 0.3) is 5.91 Å². The summed E-state index contributed by atoms with van der Waals surface area (Å²) in [5.74, 6) is -0.141. The maximum atomic E-state index is 12.3. The molecule has 6 heteroatoms. The van der Waals surface area contributed by atoms with E-state index >= 15 is 0 Å². The van der Waals surface area contributed by atoms with Gasteiger partial charge in [0.2, 0.25) is 0 Å². The van der Waals surface area contributed by atoms with Gasteiger partial charge in [-0.3, -0.25) is 10.1 Å². The Hall–Kier alpha value is -1.63. The van der Waals surface area contributed by atoms with Crippen molar-refractivity contribution in [2.75, 3.05) is 11.6 Å². The Balaban J connectivity index is 1.75. The third-order valence-electron chi connectivity index (χ3n) is 3.20. The molecular formula is C17H13BrN2OS2. The summed E-state index contributed by atoms with van der Waals surface area (Å²) in [6.45, 7) is 0. The van der Waals surface area contributed by atoms with Crippen LogP contribution in [0.4, 0.5) is 5.13 Å². The van der Waals surface area contributed by atoms with E-state index in [-0.39, 0.29) is 5.91 Å². The predicted molar refractivity (Wildman–Crippen MR) is 101 cm³/mol. The van der Waals surface area contributed by atoms with E-state index in [1.807, 2.05) is 54.1 Å². The van der Waals surface area contributed by atoms with Crippen LogP contribution >= 0.6 is 39.0 Å². The quantitative estimate of drug-likeness (QED) is 0.579. The Morgan fingerprint density at radius 3 is 2.74 bits per heavy atom. The fourth-order valence-corrected chi connectivity index (χ4v) is 3.46. The minimum Gasteiger partial charge on any atom is -0.298 e. The van der Waals surface area contributed by atoms with Crippen molar-refractivity contribution in [3.63, 3.8) is 0 Å². The van der Waals surface area contributed by atoms with E-state index in [1.54, 1.807) is 17.8 Å². The van der Waals surface area contributed by atoms with Crippen LogP contribution in [-0.2, 0) is 0 Å². The second-order valence-electron chi connectivity index (χ2n) is 4.73. The van der Waals surface area contributed by atoms with E-state index in [9.17, 15) is 4.79 Å². The van der Waals surface area contributed by atoms with Crippen molar-refractivity contribution in [1.29, 1.82) is 0 Å². The highest BCUT2D eigenvalue weighted by molar-refractivity contribution is 9.10. The first-order valence-electron chi connectivity index (χ1n) is 6.82. The molecule has 116 valence electrons. The molecule has 3 aromatic rings. The lowest BCUT2D eigenvalue weighted by atomic mass is 10.2. The Morgan fingerprint density at radius 1 is 1.22 bits per heavy atom. The number of nitrogens with zero attached hydrogens (tertiary/aromatic N) is 1. The molecule has 1 aromatic heterocycles. The molecule has 0 saturated carbocycles. The summed E-state index contributed by atoms with van der Waals surface area (Å²) in [5, 5.41) is 5.40. The van der Waals surface area contributed by atoms with Gasteiger partial charge in [0, 0.05) is 25.9 Å². The number of hydrogen-bond acceptors (Lipinski definition) is 4. The minimum atomic E-state index is -0.141. The van der Waals surface area contributed by atoms with Crippen molar-refractivity contribution < 1.29 is 4.79 Å². The molecular weight excluding hydrogens is 392 g/mol. The standard InChI is InChI=1S/C17H13BrN2OS2/c1-22-14-4-2-3-12(9-14)16(21)20-17-19-15(10-23-17)11-5-7-13(18)8-6-11/h2-10H,1H3,(H,19,20,21). The van der Waals surface area contributed by atoms with Crippen LogP contribution in [0.25, 0.3) is 11.3 Å². The molecule has 0 spiro atoms. The maximum absolute atomic E-state index is 12.3. The zero-order chi connectivity index (χ0) is 16.2. The minimum absolute atomic E-state index is 0.141. The number of rotatable bonds is 4. The summed E-state index contributed by atoms with van der Waals surface area (Å²) in [6.07, 6.45) is 1.99. The number of carbonyl (C=O) groups excluding carboxylic acids is 1. The highest BCUT2D eigenvalue weighted by Gasteiger charge is 2.10. The highest BCUT2D eigenvalue weighted by Crippen LogP contribution is 2.26. The molecule has 0 fully saturated rings. The number of carbonyl (C=O) groups is 1. The predicted octanol–water partition coefficient (Wildman–Crippen LogP) is 5.55. The van der Waals surface area contributed by atoms with Crippen LogP contribution in [0.3, 0.4) is 0 Å². The largest absolute Gasteiger partial charge is 0.298 e.